The van der Waals surface area contributed by atoms with Crippen LogP contribution < -0.4 is 15.4 Å². The molecule has 0 aliphatic carbocycles. The van der Waals surface area contributed by atoms with E-state index in [1.165, 1.54) is 0 Å². The van der Waals surface area contributed by atoms with E-state index in [4.69, 9.17) is 26.2 Å². The van der Waals surface area contributed by atoms with Gasteiger partial charge in [0.1, 0.15) is 6.61 Å². The molecule has 1 aromatic rings. The minimum atomic E-state index is -0.897. The molecule has 8 heteroatoms. The van der Waals surface area contributed by atoms with E-state index >= 15 is 0 Å². The summed E-state index contributed by atoms with van der Waals surface area (Å²) in [5, 5.41) is 14.1. The molecule has 2 amide bonds. The predicted octanol–water partition coefficient (Wildman–Crippen LogP) is 2.35. The summed E-state index contributed by atoms with van der Waals surface area (Å²) >= 11 is 6.05. The third kappa shape index (κ3) is 6.64. The second kappa shape index (κ2) is 9.86. The number of methoxy groups -OCH3 is 1. The molecule has 0 aliphatic rings. The average molecular weight is 331 g/mol. The highest BCUT2D eigenvalue weighted by Gasteiger charge is 2.11. The van der Waals surface area contributed by atoms with Crippen LogP contribution in [0.15, 0.2) is 18.2 Å². The van der Waals surface area contributed by atoms with Crippen LogP contribution in [0.2, 0.25) is 5.02 Å². The molecule has 22 heavy (non-hydrogen) atoms. The fourth-order valence-electron chi connectivity index (χ4n) is 1.59. The molecule has 0 saturated heterocycles. The summed E-state index contributed by atoms with van der Waals surface area (Å²) in [4.78, 5) is 22.1. The summed E-state index contributed by atoms with van der Waals surface area (Å²) < 4.78 is 10.4. The zero-order valence-electron chi connectivity index (χ0n) is 12.2. The van der Waals surface area contributed by atoms with Gasteiger partial charge in [0.15, 0.2) is 5.75 Å². The molecular weight excluding hydrogens is 312 g/mol. The number of amides is 2. The van der Waals surface area contributed by atoms with E-state index in [0.717, 1.165) is 0 Å². The number of hydrogen-bond donors (Lipinski definition) is 3. The van der Waals surface area contributed by atoms with E-state index in [0.29, 0.717) is 36.1 Å². The van der Waals surface area contributed by atoms with Crippen LogP contribution in [0.1, 0.15) is 12.8 Å². The summed E-state index contributed by atoms with van der Waals surface area (Å²) in [5.74, 6) is -0.534. The maximum absolute atomic E-state index is 11.8. The van der Waals surface area contributed by atoms with Crippen LogP contribution in [-0.2, 0) is 9.53 Å². The number of carbonyl (C=O) groups excluding carboxylic acids is 1. The molecule has 1 aromatic carbocycles. The maximum Gasteiger partial charge on any atom is 0.319 e. The molecule has 122 valence electrons. The monoisotopic (exact) mass is 330 g/mol. The van der Waals surface area contributed by atoms with Crippen LogP contribution in [-0.4, -0.2) is 44.0 Å². The van der Waals surface area contributed by atoms with Crippen molar-refractivity contribution in [3.63, 3.8) is 0 Å². The third-order valence-corrected chi connectivity index (χ3v) is 2.90. The molecule has 0 aliphatic heterocycles. The molecule has 0 bridgehead atoms. The van der Waals surface area contributed by atoms with Gasteiger partial charge in [-0.2, -0.15) is 0 Å². The highest BCUT2D eigenvalue weighted by Crippen LogP contribution is 2.32. The van der Waals surface area contributed by atoms with Crippen LogP contribution in [0.25, 0.3) is 0 Å². The first-order valence-electron chi connectivity index (χ1n) is 6.71. The van der Waals surface area contributed by atoms with Crippen molar-refractivity contribution in [1.82, 2.24) is 5.32 Å². The number of rotatable bonds is 9. The normalized spacial score (nSPS) is 10.1. The number of anilines is 1. The molecular formula is C14H19ClN2O5. The lowest BCUT2D eigenvalue weighted by Gasteiger charge is -2.14. The van der Waals surface area contributed by atoms with E-state index in [9.17, 15) is 9.59 Å². The second-order valence-electron chi connectivity index (χ2n) is 4.34. The summed E-state index contributed by atoms with van der Waals surface area (Å²) in [6.07, 6.45) is 0.359. The molecule has 0 aromatic heterocycles. The van der Waals surface area contributed by atoms with Gasteiger partial charge in [0.05, 0.1) is 17.3 Å². The van der Waals surface area contributed by atoms with Gasteiger partial charge in [-0.05, 0) is 18.6 Å². The van der Waals surface area contributed by atoms with E-state index in [-0.39, 0.29) is 13.0 Å². The van der Waals surface area contributed by atoms with E-state index in [1.54, 1.807) is 25.3 Å². The van der Waals surface area contributed by atoms with Gasteiger partial charge in [-0.3, -0.25) is 4.79 Å². The number of benzene rings is 1. The van der Waals surface area contributed by atoms with Gasteiger partial charge in [0, 0.05) is 20.1 Å². The zero-order valence-corrected chi connectivity index (χ0v) is 13.0. The van der Waals surface area contributed by atoms with Gasteiger partial charge in [0.2, 0.25) is 0 Å². The Balaban J connectivity index is 2.54. The average Bonchev–Trinajstić information content (AvgIpc) is 2.46. The Morgan fingerprint density at radius 2 is 2.09 bits per heavy atom. The number of ether oxygens (including phenoxy) is 2. The van der Waals surface area contributed by atoms with Crippen molar-refractivity contribution in [3.05, 3.63) is 23.2 Å². The molecule has 0 spiro atoms. The number of carboxylic acids is 1. The van der Waals surface area contributed by atoms with Crippen LogP contribution in [0, 0.1) is 0 Å². The number of aliphatic carboxylic acids is 1. The van der Waals surface area contributed by atoms with Gasteiger partial charge in [-0.1, -0.05) is 17.7 Å². The Morgan fingerprint density at radius 1 is 1.32 bits per heavy atom. The standard InChI is InChI=1S/C14H19ClN2O5/c1-21-8-9-22-13-10(15)4-2-5-11(13)17-14(20)16-7-3-6-12(18)19/h2,4-5H,3,6-9H2,1H3,(H,18,19)(H2,16,17,20). The largest absolute Gasteiger partial charge is 0.487 e. The first-order chi connectivity index (χ1) is 10.5. The molecule has 7 nitrogen and oxygen atoms in total. The number of hydrogen-bond acceptors (Lipinski definition) is 4. The smallest absolute Gasteiger partial charge is 0.319 e. The van der Waals surface area contributed by atoms with Crippen LogP contribution in [0.5, 0.6) is 5.75 Å². The first-order valence-corrected chi connectivity index (χ1v) is 7.09. The zero-order chi connectivity index (χ0) is 16.4. The quantitative estimate of drug-likeness (QED) is 0.604. The summed E-state index contributed by atoms with van der Waals surface area (Å²) in [6.45, 7) is 0.958. The highest BCUT2D eigenvalue weighted by molar-refractivity contribution is 6.32. The Bertz CT molecular complexity index is 510. The Kier molecular flexibility index (Phi) is 8.09. The van der Waals surface area contributed by atoms with E-state index in [1.807, 2.05) is 0 Å². The Hall–Kier alpha value is -1.99. The van der Waals surface area contributed by atoms with Crippen molar-refractivity contribution in [3.8, 4) is 5.75 Å². The number of urea groups is 1. The van der Waals surface area contributed by atoms with Crippen molar-refractivity contribution in [2.45, 2.75) is 12.8 Å². The van der Waals surface area contributed by atoms with Crippen LogP contribution in [0.4, 0.5) is 10.5 Å². The van der Waals surface area contributed by atoms with Crippen LogP contribution in [0.3, 0.4) is 0 Å². The van der Waals surface area contributed by atoms with Crippen molar-refractivity contribution in [2.24, 2.45) is 0 Å². The molecule has 0 fully saturated rings. The SMILES string of the molecule is COCCOc1c(Cl)cccc1NC(=O)NCCCC(=O)O. The third-order valence-electron chi connectivity index (χ3n) is 2.60. The number of nitrogens with one attached hydrogen (secondary N) is 2. The molecule has 0 saturated carbocycles. The number of carboxylic acid groups (broad SMARTS) is 1. The summed E-state index contributed by atoms with van der Waals surface area (Å²) in [5.41, 5.74) is 0.430. The van der Waals surface area contributed by atoms with E-state index < -0.39 is 12.0 Å². The lowest BCUT2D eigenvalue weighted by molar-refractivity contribution is -0.137. The minimum Gasteiger partial charge on any atom is -0.487 e. The molecule has 0 unspecified atom stereocenters. The van der Waals surface area contributed by atoms with Gasteiger partial charge < -0.3 is 25.2 Å². The van der Waals surface area contributed by atoms with Crippen molar-refractivity contribution >= 4 is 29.3 Å². The second-order valence-corrected chi connectivity index (χ2v) is 4.74. The van der Waals surface area contributed by atoms with Gasteiger partial charge in [-0.25, -0.2) is 4.79 Å². The van der Waals surface area contributed by atoms with Gasteiger partial charge >= 0.3 is 12.0 Å². The molecule has 0 radical (unpaired) electrons. The predicted molar refractivity (Wildman–Crippen MR) is 82.7 cm³/mol. The van der Waals surface area contributed by atoms with Crippen molar-refractivity contribution in [1.29, 1.82) is 0 Å². The fourth-order valence-corrected chi connectivity index (χ4v) is 1.82. The molecule has 3 N–H and O–H groups in total. The minimum absolute atomic E-state index is 0.00280. The maximum atomic E-state index is 11.8. The summed E-state index contributed by atoms with van der Waals surface area (Å²) in [6, 6.07) is 4.54. The van der Waals surface area contributed by atoms with Crippen LogP contribution >= 0.6 is 11.6 Å². The Labute approximate surface area is 133 Å². The lowest BCUT2D eigenvalue weighted by Crippen LogP contribution is -2.30. The highest BCUT2D eigenvalue weighted by atomic mass is 35.5. The van der Waals surface area contributed by atoms with Crippen molar-refractivity contribution in [2.75, 3.05) is 32.2 Å². The lowest BCUT2D eigenvalue weighted by atomic mass is 10.3. The van der Waals surface area contributed by atoms with E-state index in [2.05, 4.69) is 10.6 Å². The molecule has 0 heterocycles. The molecule has 0 atom stereocenters. The van der Waals surface area contributed by atoms with Gasteiger partial charge in [0.25, 0.3) is 0 Å². The first kappa shape index (κ1) is 18.1. The number of carbonyl (C=O) groups is 2. The van der Waals surface area contributed by atoms with Crippen molar-refractivity contribution < 1.29 is 24.2 Å². The number of halogens is 1. The molecule has 1 rings (SSSR count). The Morgan fingerprint density at radius 3 is 2.77 bits per heavy atom. The topological polar surface area (TPSA) is 96.9 Å². The number of para-hydroxylation sites is 1. The van der Waals surface area contributed by atoms with Gasteiger partial charge in [-0.15, -0.1) is 0 Å². The fraction of sp³-hybridized carbons (Fsp3) is 0.429. The summed E-state index contributed by atoms with van der Waals surface area (Å²) in [7, 11) is 1.56.